The smallest absolute Gasteiger partial charge is 0.246 e. The zero-order valence-corrected chi connectivity index (χ0v) is 13.4. The number of amides is 1. The fraction of sp³-hybridized carbons (Fsp3) is 0.211. The van der Waals surface area contributed by atoms with Gasteiger partial charge in [-0.3, -0.25) is 10.0 Å². The minimum Gasteiger partial charge on any atom is -0.289 e. The molecule has 3 aromatic rings. The normalized spacial score (nSPS) is 17.0. The lowest BCUT2D eigenvalue weighted by Crippen LogP contribution is -2.31. The third-order valence-corrected chi connectivity index (χ3v) is 5.67. The maximum absolute atomic E-state index is 11.7. The highest BCUT2D eigenvalue weighted by atomic mass is 32.1. The summed E-state index contributed by atoms with van der Waals surface area (Å²) in [6.45, 7) is 0. The maximum atomic E-state index is 11.7. The number of rotatable bonds is 2. The Balaban J connectivity index is 1.74. The predicted molar refractivity (Wildman–Crippen MR) is 92.7 cm³/mol. The van der Waals surface area contributed by atoms with Gasteiger partial charge in [0.05, 0.1) is 0 Å². The van der Waals surface area contributed by atoms with E-state index in [9.17, 15) is 4.79 Å². The van der Waals surface area contributed by atoms with Crippen molar-refractivity contribution in [3.8, 4) is 11.1 Å². The van der Waals surface area contributed by atoms with Crippen molar-refractivity contribution in [2.24, 2.45) is 5.92 Å². The summed E-state index contributed by atoms with van der Waals surface area (Å²) in [6.07, 6.45) is 2.37. The summed E-state index contributed by atoms with van der Waals surface area (Å²) in [5, 5.41) is 12.3. The molecule has 0 aliphatic heterocycles. The van der Waals surface area contributed by atoms with Crippen molar-refractivity contribution in [1.29, 1.82) is 0 Å². The van der Waals surface area contributed by atoms with Crippen molar-refractivity contribution in [3.63, 3.8) is 0 Å². The van der Waals surface area contributed by atoms with Crippen molar-refractivity contribution >= 4 is 27.3 Å². The van der Waals surface area contributed by atoms with Crippen molar-refractivity contribution in [2.75, 3.05) is 0 Å². The van der Waals surface area contributed by atoms with Crippen LogP contribution in [0.15, 0.2) is 47.8 Å². The van der Waals surface area contributed by atoms with Crippen molar-refractivity contribution in [3.05, 3.63) is 59.0 Å². The number of hydrogen-bond acceptors (Lipinski definition) is 3. The molecule has 0 radical (unpaired) electrons. The summed E-state index contributed by atoms with van der Waals surface area (Å²) in [7, 11) is 0. The third-order valence-electron chi connectivity index (χ3n) is 4.71. The Morgan fingerprint density at radius 1 is 1.17 bits per heavy atom. The van der Waals surface area contributed by atoms with E-state index < -0.39 is 0 Å². The molecule has 3 nitrogen and oxygen atoms in total. The average molecular weight is 323 g/mol. The largest absolute Gasteiger partial charge is 0.289 e. The number of thiophene rings is 1. The van der Waals surface area contributed by atoms with Crippen LogP contribution in [0.2, 0.25) is 0 Å². The van der Waals surface area contributed by atoms with Crippen molar-refractivity contribution in [1.82, 2.24) is 5.48 Å². The summed E-state index contributed by atoms with van der Waals surface area (Å²) in [4.78, 5) is 11.7. The van der Waals surface area contributed by atoms with E-state index in [2.05, 4.69) is 47.8 Å². The van der Waals surface area contributed by atoms with Crippen LogP contribution in [0.1, 0.15) is 17.5 Å². The number of nitrogens with one attached hydrogen (secondary N) is 1. The molecule has 0 saturated heterocycles. The van der Waals surface area contributed by atoms with Gasteiger partial charge in [0.1, 0.15) is 0 Å². The first-order valence-corrected chi connectivity index (χ1v) is 8.66. The Kier molecular flexibility index (Phi) is 3.63. The Labute approximate surface area is 138 Å². The van der Waals surface area contributed by atoms with Gasteiger partial charge in [0.2, 0.25) is 5.91 Å². The van der Waals surface area contributed by atoms with Gasteiger partial charge in [-0.05, 0) is 47.4 Å². The molecule has 1 atom stereocenters. The van der Waals surface area contributed by atoms with E-state index in [1.54, 1.807) is 16.8 Å². The molecular formula is C19H17NO2S. The van der Waals surface area contributed by atoms with Crippen LogP contribution < -0.4 is 5.48 Å². The number of aryl methyl sites for hydroxylation is 1. The maximum Gasteiger partial charge on any atom is 0.246 e. The van der Waals surface area contributed by atoms with Crippen LogP contribution in [-0.4, -0.2) is 11.1 Å². The number of hydroxylamine groups is 1. The fourth-order valence-electron chi connectivity index (χ4n) is 3.44. The zero-order chi connectivity index (χ0) is 15.8. The number of fused-ring (bicyclic) bond motifs is 2. The van der Waals surface area contributed by atoms with E-state index in [4.69, 9.17) is 5.21 Å². The van der Waals surface area contributed by atoms with Crippen molar-refractivity contribution in [2.45, 2.75) is 19.3 Å². The summed E-state index contributed by atoms with van der Waals surface area (Å²) in [6, 6.07) is 15.0. The molecule has 1 aliphatic carbocycles. The molecule has 0 saturated carbocycles. The molecule has 1 aromatic heterocycles. The van der Waals surface area contributed by atoms with E-state index >= 15 is 0 Å². The SMILES string of the molecule is O=C(NO)C1CCc2ccc(-c3csc4ccccc34)cc2C1. The minimum absolute atomic E-state index is 0.137. The Morgan fingerprint density at radius 3 is 2.91 bits per heavy atom. The summed E-state index contributed by atoms with van der Waals surface area (Å²) in [5.41, 5.74) is 6.78. The van der Waals surface area contributed by atoms with Crippen LogP contribution in [0.5, 0.6) is 0 Å². The van der Waals surface area contributed by atoms with E-state index in [1.165, 1.54) is 32.3 Å². The number of hydrogen-bond donors (Lipinski definition) is 2. The van der Waals surface area contributed by atoms with Crippen molar-refractivity contribution < 1.29 is 10.0 Å². The first-order valence-electron chi connectivity index (χ1n) is 7.78. The molecule has 1 heterocycles. The first kappa shape index (κ1) is 14.4. The van der Waals surface area contributed by atoms with Crippen LogP contribution in [0.4, 0.5) is 0 Å². The molecule has 4 heteroatoms. The van der Waals surface area contributed by atoms with Gasteiger partial charge in [0.15, 0.2) is 0 Å². The summed E-state index contributed by atoms with van der Waals surface area (Å²) >= 11 is 1.76. The van der Waals surface area contributed by atoms with Gasteiger partial charge in [0, 0.05) is 21.6 Å². The Hall–Kier alpha value is -2.17. The predicted octanol–water partition coefficient (Wildman–Crippen LogP) is 4.18. The van der Waals surface area contributed by atoms with E-state index in [1.807, 2.05) is 0 Å². The molecular weight excluding hydrogens is 306 g/mol. The van der Waals surface area contributed by atoms with Crippen LogP contribution in [0.25, 0.3) is 21.2 Å². The molecule has 1 aliphatic rings. The fourth-order valence-corrected chi connectivity index (χ4v) is 4.41. The molecule has 2 N–H and O–H groups in total. The van der Waals surface area contributed by atoms with Gasteiger partial charge in [-0.2, -0.15) is 0 Å². The van der Waals surface area contributed by atoms with Gasteiger partial charge in [-0.15, -0.1) is 11.3 Å². The minimum atomic E-state index is -0.276. The van der Waals surface area contributed by atoms with E-state index in [-0.39, 0.29) is 11.8 Å². The Bertz CT molecular complexity index is 884. The highest BCUT2D eigenvalue weighted by Crippen LogP contribution is 2.36. The van der Waals surface area contributed by atoms with Gasteiger partial charge < -0.3 is 0 Å². The number of carbonyl (C=O) groups is 1. The second kappa shape index (κ2) is 5.80. The monoisotopic (exact) mass is 323 g/mol. The van der Waals surface area contributed by atoms with Gasteiger partial charge in [-0.25, -0.2) is 5.48 Å². The lowest BCUT2D eigenvalue weighted by Gasteiger charge is -2.23. The highest BCUT2D eigenvalue weighted by Gasteiger charge is 2.24. The molecule has 116 valence electrons. The van der Waals surface area contributed by atoms with Gasteiger partial charge in [0.25, 0.3) is 0 Å². The van der Waals surface area contributed by atoms with E-state index in [0.29, 0.717) is 6.42 Å². The Morgan fingerprint density at radius 2 is 2.04 bits per heavy atom. The van der Waals surface area contributed by atoms with Crippen LogP contribution in [-0.2, 0) is 17.6 Å². The molecule has 23 heavy (non-hydrogen) atoms. The lowest BCUT2D eigenvalue weighted by atomic mass is 9.82. The second-order valence-corrected chi connectivity index (χ2v) is 6.96. The molecule has 4 rings (SSSR count). The first-order chi connectivity index (χ1) is 11.3. The summed E-state index contributed by atoms with van der Waals surface area (Å²) < 4.78 is 1.29. The highest BCUT2D eigenvalue weighted by molar-refractivity contribution is 7.17. The molecule has 0 fully saturated rings. The molecule has 0 spiro atoms. The van der Waals surface area contributed by atoms with Gasteiger partial charge in [-0.1, -0.05) is 36.4 Å². The average Bonchev–Trinajstić information content (AvgIpc) is 3.04. The second-order valence-electron chi connectivity index (χ2n) is 6.04. The van der Waals surface area contributed by atoms with Crippen LogP contribution >= 0.6 is 11.3 Å². The molecule has 1 unspecified atom stereocenters. The topological polar surface area (TPSA) is 49.3 Å². The lowest BCUT2D eigenvalue weighted by molar-refractivity contribution is -0.133. The third kappa shape index (κ3) is 2.54. The van der Waals surface area contributed by atoms with Crippen LogP contribution in [0.3, 0.4) is 0 Å². The summed E-state index contributed by atoms with van der Waals surface area (Å²) in [5.74, 6) is -0.413. The standard InChI is InChI=1S/C19H17NO2S/c21-19(20-22)14-8-6-12-5-7-13(9-15(12)10-14)17-11-23-18-4-2-1-3-16(17)18/h1-5,7,9,11,14,22H,6,8,10H2,(H,20,21). The molecule has 2 aromatic carbocycles. The zero-order valence-electron chi connectivity index (χ0n) is 12.6. The quantitative estimate of drug-likeness (QED) is 0.549. The van der Waals surface area contributed by atoms with Crippen LogP contribution in [0, 0.1) is 5.92 Å². The number of benzene rings is 2. The number of carbonyl (C=O) groups excluding carboxylic acids is 1. The molecule has 1 amide bonds. The molecule has 0 bridgehead atoms. The van der Waals surface area contributed by atoms with E-state index in [0.717, 1.165) is 12.8 Å². The van der Waals surface area contributed by atoms with Gasteiger partial charge >= 0.3 is 0 Å².